The summed E-state index contributed by atoms with van der Waals surface area (Å²) in [6.45, 7) is 1.22. The molecule has 0 aromatic rings. The predicted molar refractivity (Wildman–Crippen MR) is 48.6 cm³/mol. The van der Waals surface area contributed by atoms with Gasteiger partial charge in [0.25, 0.3) is 0 Å². The molecule has 1 heterocycles. The number of hydrogen-bond donors (Lipinski definition) is 2. The molecule has 4 nitrogen and oxygen atoms in total. The summed E-state index contributed by atoms with van der Waals surface area (Å²) in [6, 6.07) is 0. The van der Waals surface area contributed by atoms with E-state index in [9.17, 15) is 4.79 Å². The molecule has 1 saturated heterocycles. The quantitative estimate of drug-likeness (QED) is 0.601. The van der Waals surface area contributed by atoms with Crippen molar-refractivity contribution in [3.63, 3.8) is 0 Å². The number of hydrogen-bond acceptors (Lipinski definition) is 2. The van der Waals surface area contributed by atoms with Gasteiger partial charge in [0.2, 0.25) is 0 Å². The zero-order chi connectivity index (χ0) is 9.68. The number of likely N-dealkylation sites (tertiary alicyclic amines) is 1. The van der Waals surface area contributed by atoms with Crippen LogP contribution >= 0.6 is 0 Å². The number of carbonyl (C=O) groups is 1. The van der Waals surface area contributed by atoms with Crippen LogP contribution in [0.1, 0.15) is 19.3 Å². The number of aliphatic hydroxyl groups excluding tert-OH is 1. The molecule has 1 aliphatic heterocycles. The van der Waals surface area contributed by atoms with Crippen LogP contribution in [-0.2, 0) is 0 Å². The summed E-state index contributed by atoms with van der Waals surface area (Å²) < 4.78 is 0. The number of carboxylic acid groups (broad SMARTS) is 1. The first-order valence-electron chi connectivity index (χ1n) is 4.50. The van der Waals surface area contributed by atoms with E-state index in [1.54, 1.807) is 6.08 Å². The maximum absolute atomic E-state index is 10.6. The van der Waals surface area contributed by atoms with Crippen molar-refractivity contribution in [2.75, 3.05) is 19.7 Å². The zero-order valence-electron chi connectivity index (χ0n) is 7.57. The van der Waals surface area contributed by atoms with Crippen LogP contribution in [0.15, 0.2) is 11.6 Å². The molecule has 0 atom stereocenters. The molecule has 0 spiro atoms. The fraction of sp³-hybridized carbons (Fsp3) is 0.667. The zero-order valence-corrected chi connectivity index (χ0v) is 7.57. The smallest absolute Gasteiger partial charge is 0.407 e. The maximum atomic E-state index is 10.6. The molecule has 4 heteroatoms. The third-order valence-corrected chi connectivity index (χ3v) is 2.28. The Labute approximate surface area is 77.5 Å². The SMILES string of the molecule is O=C(O)N1CCC/C(=C/CO)CC1. The predicted octanol–water partition coefficient (Wildman–Crippen LogP) is 1.07. The lowest BCUT2D eigenvalue weighted by atomic mass is 10.1. The van der Waals surface area contributed by atoms with E-state index in [1.807, 2.05) is 0 Å². The molecule has 2 N–H and O–H groups in total. The van der Waals surface area contributed by atoms with Gasteiger partial charge in [-0.3, -0.25) is 0 Å². The summed E-state index contributed by atoms with van der Waals surface area (Å²) in [7, 11) is 0. The molecule has 1 rings (SSSR count). The van der Waals surface area contributed by atoms with Gasteiger partial charge < -0.3 is 15.1 Å². The lowest BCUT2D eigenvalue weighted by molar-refractivity contribution is 0.147. The second-order valence-electron chi connectivity index (χ2n) is 3.17. The molecule has 1 fully saturated rings. The van der Waals surface area contributed by atoms with E-state index in [-0.39, 0.29) is 6.61 Å². The van der Waals surface area contributed by atoms with Crippen LogP contribution in [0.4, 0.5) is 4.79 Å². The first-order chi connectivity index (χ1) is 6.24. The van der Waals surface area contributed by atoms with Crippen molar-refractivity contribution in [3.8, 4) is 0 Å². The third-order valence-electron chi connectivity index (χ3n) is 2.28. The maximum Gasteiger partial charge on any atom is 0.407 e. The second kappa shape index (κ2) is 4.87. The lowest BCUT2D eigenvalue weighted by Gasteiger charge is -2.14. The van der Waals surface area contributed by atoms with Crippen molar-refractivity contribution >= 4 is 6.09 Å². The summed E-state index contributed by atoms with van der Waals surface area (Å²) in [4.78, 5) is 12.1. The summed E-state index contributed by atoms with van der Waals surface area (Å²) >= 11 is 0. The molecule has 0 aromatic carbocycles. The lowest BCUT2D eigenvalue weighted by Crippen LogP contribution is -2.30. The average molecular weight is 185 g/mol. The monoisotopic (exact) mass is 185 g/mol. The molecule has 13 heavy (non-hydrogen) atoms. The van der Waals surface area contributed by atoms with Crippen molar-refractivity contribution in [1.29, 1.82) is 0 Å². The molecule has 0 aliphatic carbocycles. The van der Waals surface area contributed by atoms with Crippen molar-refractivity contribution in [2.24, 2.45) is 0 Å². The van der Waals surface area contributed by atoms with Gasteiger partial charge in [0, 0.05) is 13.1 Å². The van der Waals surface area contributed by atoms with E-state index in [0.717, 1.165) is 19.3 Å². The van der Waals surface area contributed by atoms with Gasteiger partial charge in [-0.2, -0.15) is 0 Å². The van der Waals surface area contributed by atoms with Crippen LogP contribution in [0.2, 0.25) is 0 Å². The molecule has 0 aromatic heterocycles. The van der Waals surface area contributed by atoms with Crippen LogP contribution in [0, 0.1) is 0 Å². The minimum absolute atomic E-state index is 0.0579. The highest BCUT2D eigenvalue weighted by Gasteiger charge is 2.15. The Morgan fingerprint density at radius 1 is 1.46 bits per heavy atom. The normalized spacial score (nSPS) is 21.6. The standard InChI is InChI=1S/C9H15NO3/c11-7-4-8-2-1-5-10(6-3-8)9(12)13/h4,11H,1-3,5-7H2,(H,12,13)/b8-4-. The highest BCUT2D eigenvalue weighted by atomic mass is 16.4. The van der Waals surface area contributed by atoms with Gasteiger partial charge in [-0.15, -0.1) is 0 Å². The second-order valence-corrected chi connectivity index (χ2v) is 3.17. The fourth-order valence-electron chi connectivity index (χ4n) is 1.54. The average Bonchev–Trinajstić information content (AvgIpc) is 2.30. The molecule has 1 amide bonds. The van der Waals surface area contributed by atoms with Gasteiger partial charge >= 0.3 is 6.09 Å². The number of nitrogens with zero attached hydrogens (tertiary/aromatic N) is 1. The van der Waals surface area contributed by atoms with Crippen molar-refractivity contribution in [3.05, 3.63) is 11.6 Å². The molecule has 0 bridgehead atoms. The van der Waals surface area contributed by atoms with E-state index >= 15 is 0 Å². The van der Waals surface area contributed by atoms with E-state index in [4.69, 9.17) is 10.2 Å². The van der Waals surface area contributed by atoms with Crippen LogP contribution in [0.5, 0.6) is 0 Å². The number of amides is 1. The van der Waals surface area contributed by atoms with Crippen molar-refractivity contribution in [2.45, 2.75) is 19.3 Å². The van der Waals surface area contributed by atoms with Gasteiger partial charge in [-0.1, -0.05) is 11.6 Å². The molecule has 0 radical (unpaired) electrons. The van der Waals surface area contributed by atoms with Crippen LogP contribution in [0.25, 0.3) is 0 Å². The van der Waals surface area contributed by atoms with Gasteiger partial charge in [0.15, 0.2) is 0 Å². The molecule has 0 saturated carbocycles. The Balaban J connectivity index is 2.48. The van der Waals surface area contributed by atoms with Crippen LogP contribution in [0.3, 0.4) is 0 Å². The first kappa shape index (κ1) is 10.1. The molecule has 0 unspecified atom stereocenters. The van der Waals surface area contributed by atoms with Crippen LogP contribution < -0.4 is 0 Å². The van der Waals surface area contributed by atoms with Crippen LogP contribution in [-0.4, -0.2) is 40.9 Å². The third kappa shape index (κ3) is 3.06. The Morgan fingerprint density at radius 2 is 2.23 bits per heavy atom. The summed E-state index contributed by atoms with van der Waals surface area (Å²) in [5, 5.41) is 17.4. The minimum Gasteiger partial charge on any atom is -0.465 e. The molecule has 74 valence electrons. The molecular weight excluding hydrogens is 170 g/mol. The largest absolute Gasteiger partial charge is 0.465 e. The van der Waals surface area contributed by atoms with E-state index < -0.39 is 6.09 Å². The Morgan fingerprint density at radius 3 is 2.85 bits per heavy atom. The molecular formula is C9H15NO3. The Hall–Kier alpha value is -1.03. The minimum atomic E-state index is -0.842. The van der Waals surface area contributed by atoms with Gasteiger partial charge in [0.1, 0.15) is 0 Å². The molecule has 1 aliphatic rings. The Bertz CT molecular complexity index is 213. The van der Waals surface area contributed by atoms with E-state index in [2.05, 4.69) is 0 Å². The number of rotatable bonds is 1. The topological polar surface area (TPSA) is 60.8 Å². The fourth-order valence-corrected chi connectivity index (χ4v) is 1.54. The summed E-state index contributed by atoms with van der Waals surface area (Å²) in [6.07, 6.45) is 3.46. The van der Waals surface area contributed by atoms with Crippen molar-refractivity contribution in [1.82, 2.24) is 4.90 Å². The van der Waals surface area contributed by atoms with Gasteiger partial charge in [-0.05, 0) is 19.3 Å². The van der Waals surface area contributed by atoms with E-state index in [1.165, 1.54) is 10.5 Å². The number of aliphatic hydroxyl groups is 1. The summed E-state index contributed by atoms with van der Waals surface area (Å²) in [5.41, 5.74) is 1.17. The van der Waals surface area contributed by atoms with E-state index in [0.29, 0.717) is 13.1 Å². The highest BCUT2D eigenvalue weighted by Crippen LogP contribution is 2.15. The van der Waals surface area contributed by atoms with Gasteiger partial charge in [0.05, 0.1) is 6.61 Å². The van der Waals surface area contributed by atoms with Crippen molar-refractivity contribution < 1.29 is 15.0 Å². The first-order valence-corrected chi connectivity index (χ1v) is 4.50. The highest BCUT2D eigenvalue weighted by molar-refractivity contribution is 5.65. The summed E-state index contributed by atoms with van der Waals surface area (Å²) in [5.74, 6) is 0. The van der Waals surface area contributed by atoms with Gasteiger partial charge in [-0.25, -0.2) is 4.79 Å². The Kier molecular flexibility index (Phi) is 3.76.